The number of hydrogen-bond acceptors (Lipinski definition) is 4. The van der Waals surface area contributed by atoms with E-state index in [1.54, 1.807) is 30.5 Å². The van der Waals surface area contributed by atoms with Crippen molar-refractivity contribution in [1.29, 1.82) is 0 Å². The number of aromatic nitrogens is 3. The van der Waals surface area contributed by atoms with Crippen molar-refractivity contribution >= 4 is 33.5 Å². The van der Waals surface area contributed by atoms with E-state index in [0.717, 1.165) is 10.9 Å². The molecule has 3 N–H and O–H groups in total. The second-order valence-corrected chi connectivity index (χ2v) is 5.50. The van der Waals surface area contributed by atoms with Gasteiger partial charge in [0.1, 0.15) is 0 Å². The van der Waals surface area contributed by atoms with Crippen LogP contribution in [0.4, 0.5) is 5.69 Å². The number of fused-ring (bicyclic) bond motifs is 2. The average Bonchev–Trinajstić information content (AvgIpc) is 2.62. The van der Waals surface area contributed by atoms with Crippen molar-refractivity contribution < 1.29 is 4.79 Å². The Labute approximate surface area is 140 Å². The van der Waals surface area contributed by atoms with Gasteiger partial charge in [-0.25, -0.2) is 0 Å². The molecule has 7 heteroatoms. The molecule has 122 valence electrons. The van der Waals surface area contributed by atoms with Crippen molar-refractivity contribution in [3.05, 3.63) is 81.0 Å². The highest BCUT2D eigenvalue weighted by molar-refractivity contribution is 6.09. The van der Waals surface area contributed by atoms with Gasteiger partial charge in [0.05, 0.1) is 22.2 Å². The number of carbonyl (C=O) groups is 1. The molecular formula is C18H12N4O3. The van der Waals surface area contributed by atoms with Crippen molar-refractivity contribution in [1.82, 2.24) is 15.0 Å². The summed E-state index contributed by atoms with van der Waals surface area (Å²) in [6.07, 6.45) is 1.69. The van der Waals surface area contributed by atoms with Crippen LogP contribution in [0.15, 0.2) is 64.3 Å². The van der Waals surface area contributed by atoms with Crippen LogP contribution in [0, 0.1) is 0 Å². The van der Waals surface area contributed by atoms with Gasteiger partial charge in [0, 0.05) is 17.1 Å². The van der Waals surface area contributed by atoms with E-state index in [4.69, 9.17) is 0 Å². The number of aromatic amines is 2. The maximum Gasteiger partial charge on any atom is 0.314 e. The number of hydrogen-bond donors (Lipinski definition) is 3. The lowest BCUT2D eigenvalue weighted by atomic mass is 10.1. The van der Waals surface area contributed by atoms with Gasteiger partial charge in [0.2, 0.25) is 0 Å². The molecule has 0 fully saturated rings. The van der Waals surface area contributed by atoms with E-state index >= 15 is 0 Å². The molecule has 25 heavy (non-hydrogen) atoms. The summed E-state index contributed by atoms with van der Waals surface area (Å²) in [7, 11) is 0. The molecular weight excluding hydrogens is 320 g/mol. The number of nitrogens with zero attached hydrogens (tertiary/aromatic N) is 1. The van der Waals surface area contributed by atoms with Gasteiger partial charge in [-0.1, -0.05) is 6.07 Å². The zero-order valence-corrected chi connectivity index (χ0v) is 12.9. The molecule has 2 heterocycles. The van der Waals surface area contributed by atoms with Gasteiger partial charge in [-0.3, -0.25) is 19.4 Å². The number of amides is 1. The number of carbonyl (C=O) groups excluding carboxylic acids is 1. The predicted molar refractivity (Wildman–Crippen MR) is 94.9 cm³/mol. The van der Waals surface area contributed by atoms with Crippen LogP contribution in [0.5, 0.6) is 0 Å². The lowest BCUT2D eigenvalue weighted by Crippen LogP contribution is -2.29. The van der Waals surface area contributed by atoms with Crippen molar-refractivity contribution in [3.63, 3.8) is 0 Å². The number of benzene rings is 2. The molecule has 0 aliphatic heterocycles. The first-order valence-corrected chi connectivity index (χ1v) is 7.53. The third-order valence-electron chi connectivity index (χ3n) is 3.88. The Balaban J connectivity index is 1.73. The van der Waals surface area contributed by atoms with Crippen molar-refractivity contribution in [2.45, 2.75) is 0 Å². The van der Waals surface area contributed by atoms with Crippen LogP contribution in [0.25, 0.3) is 21.9 Å². The van der Waals surface area contributed by atoms with Crippen LogP contribution in [0.1, 0.15) is 10.4 Å². The van der Waals surface area contributed by atoms with E-state index in [2.05, 4.69) is 20.3 Å². The molecule has 0 atom stereocenters. The Morgan fingerprint density at radius 1 is 0.920 bits per heavy atom. The number of H-pyrrole nitrogens is 2. The van der Waals surface area contributed by atoms with Gasteiger partial charge in [-0.15, -0.1) is 0 Å². The minimum atomic E-state index is -0.759. The molecule has 0 aliphatic carbocycles. The first kappa shape index (κ1) is 14.8. The molecule has 0 bridgehead atoms. The summed E-state index contributed by atoms with van der Waals surface area (Å²) in [5, 5.41) is 3.68. The minimum absolute atomic E-state index is 0.328. The molecule has 0 unspecified atom stereocenters. The molecule has 0 radical (unpaired) electrons. The third kappa shape index (κ3) is 2.67. The molecule has 4 aromatic rings. The highest BCUT2D eigenvalue weighted by Crippen LogP contribution is 2.22. The molecule has 7 nitrogen and oxygen atoms in total. The number of anilines is 1. The minimum Gasteiger partial charge on any atom is -0.321 e. The summed E-state index contributed by atoms with van der Waals surface area (Å²) in [6, 6.07) is 13.8. The van der Waals surface area contributed by atoms with Crippen LogP contribution in [-0.4, -0.2) is 20.9 Å². The van der Waals surface area contributed by atoms with Gasteiger partial charge in [0.15, 0.2) is 0 Å². The lowest BCUT2D eigenvalue weighted by Gasteiger charge is -2.09. The summed E-state index contributed by atoms with van der Waals surface area (Å²) < 4.78 is 0. The molecule has 1 amide bonds. The predicted octanol–water partition coefficient (Wildman–Crippen LogP) is 2.02. The van der Waals surface area contributed by atoms with E-state index < -0.39 is 11.1 Å². The fourth-order valence-corrected chi connectivity index (χ4v) is 2.66. The van der Waals surface area contributed by atoms with Gasteiger partial charge < -0.3 is 15.3 Å². The van der Waals surface area contributed by atoms with Gasteiger partial charge >= 0.3 is 11.1 Å². The van der Waals surface area contributed by atoms with E-state index in [1.165, 1.54) is 6.07 Å². The van der Waals surface area contributed by atoms with Crippen molar-refractivity contribution in [2.24, 2.45) is 0 Å². The Kier molecular flexibility index (Phi) is 3.39. The lowest BCUT2D eigenvalue weighted by molar-refractivity contribution is 0.102. The largest absolute Gasteiger partial charge is 0.321 e. The zero-order valence-electron chi connectivity index (χ0n) is 12.9. The molecule has 0 saturated heterocycles. The standard InChI is InChI=1S/C18H12N4O3/c23-16(20-13-5-1-4-12-11(13)3-2-8-19-12)10-6-7-14-15(9-10)22-18(25)17(24)21-14/h1-9H,(H,20,23)(H,21,24)(H,22,25). The molecule has 0 saturated carbocycles. The van der Waals surface area contributed by atoms with Gasteiger partial charge in [-0.05, 0) is 42.5 Å². The van der Waals surface area contributed by atoms with Crippen LogP contribution < -0.4 is 16.4 Å². The normalized spacial score (nSPS) is 10.9. The van der Waals surface area contributed by atoms with Gasteiger partial charge in [0.25, 0.3) is 5.91 Å². The third-order valence-corrected chi connectivity index (χ3v) is 3.88. The van der Waals surface area contributed by atoms with Crippen LogP contribution in [-0.2, 0) is 0 Å². The smallest absolute Gasteiger partial charge is 0.314 e. The summed E-state index contributed by atoms with van der Waals surface area (Å²) >= 11 is 0. The van der Waals surface area contributed by atoms with Crippen LogP contribution in [0.2, 0.25) is 0 Å². The van der Waals surface area contributed by atoms with E-state index in [1.807, 2.05) is 18.2 Å². The van der Waals surface area contributed by atoms with E-state index in [0.29, 0.717) is 22.3 Å². The molecule has 2 aromatic carbocycles. The number of rotatable bonds is 2. The second kappa shape index (κ2) is 5.72. The maximum absolute atomic E-state index is 12.6. The van der Waals surface area contributed by atoms with Crippen LogP contribution >= 0.6 is 0 Å². The number of nitrogens with one attached hydrogen (secondary N) is 3. The maximum atomic E-state index is 12.6. The first-order valence-electron chi connectivity index (χ1n) is 7.53. The van der Waals surface area contributed by atoms with Gasteiger partial charge in [-0.2, -0.15) is 0 Å². The monoisotopic (exact) mass is 332 g/mol. The van der Waals surface area contributed by atoms with Crippen molar-refractivity contribution in [3.8, 4) is 0 Å². The fourth-order valence-electron chi connectivity index (χ4n) is 2.66. The molecule has 2 aromatic heterocycles. The topological polar surface area (TPSA) is 108 Å². The summed E-state index contributed by atoms with van der Waals surface area (Å²) in [4.78, 5) is 44.5. The van der Waals surface area contributed by atoms with Crippen LogP contribution in [0.3, 0.4) is 0 Å². The number of pyridine rings is 1. The quantitative estimate of drug-likeness (QED) is 0.488. The Morgan fingerprint density at radius 2 is 1.72 bits per heavy atom. The highest BCUT2D eigenvalue weighted by atomic mass is 16.2. The Morgan fingerprint density at radius 3 is 2.56 bits per heavy atom. The van der Waals surface area contributed by atoms with E-state index in [-0.39, 0.29) is 5.91 Å². The molecule has 0 spiro atoms. The highest BCUT2D eigenvalue weighted by Gasteiger charge is 2.10. The second-order valence-electron chi connectivity index (χ2n) is 5.50. The van der Waals surface area contributed by atoms with E-state index in [9.17, 15) is 14.4 Å². The Bertz CT molecular complexity index is 1230. The summed E-state index contributed by atoms with van der Waals surface area (Å²) in [6.45, 7) is 0. The fraction of sp³-hybridized carbons (Fsp3) is 0. The SMILES string of the molecule is O=C(Nc1cccc2ncccc12)c1ccc2[nH]c(=O)c(=O)[nH]c2c1. The Hall–Kier alpha value is -3.74. The summed E-state index contributed by atoms with van der Waals surface area (Å²) in [5.41, 5.74) is 1.13. The zero-order chi connectivity index (χ0) is 17.4. The average molecular weight is 332 g/mol. The molecule has 4 rings (SSSR count). The molecule has 0 aliphatic rings. The first-order chi connectivity index (χ1) is 12.1. The summed E-state index contributed by atoms with van der Waals surface area (Å²) in [5.74, 6) is -0.328. The van der Waals surface area contributed by atoms with Crippen molar-refractivity contribution in [2.75, 3.05) is 5.32 Å².